The van der Waals surface area contributed by atoms with E-state index in [0.717, 1.165) is 25.1 Å². The maximum Gasteiger partial charge on any atom is 0.224 e. The fourth-order valence-electron chi connectivity index (χ4n) is 2.29. The molecule has 18 heavy (non-hydrogen) atoms. The normalized spacial score (nSPS) is 15.1. The van der Waals surface area contributed by atoms with E-state index in [0.29, 0.717) is 6.42 Å². The molecule has 1 amide bonds. The van der Waals surface area contributed by atoms with E-state index < -0.39 is 0 Å². The average Bonchev–Trinajstić information content (AvgIpc) is 2.26. The van der Waals surface area contributed by atoms with Gasteiger partial charge in [0.15, 0.2) is 0 Å². The number of carbonyl (C=O) groups excluding carboxylic acids is 1. The van der Waals surface area contributed by atoms with Crippen molar-refractivity contribution >= 4 is 5.91 Å². The summed E-state index contributed by atoms with van der Waals surface area (Å²) >= 11 is 0. The van der Waals surface area contributed by atoms with Crippen molar-refractivity contribution in [3.05, 3.63) is 34.9 Å². The van der Waals surface area contributed by atoms with Crippen LogP contribution in [0.3, 0.4) is 0 Å². The van der Waals surface area contributed by atoms with Crippen LogP contribution in [0.4, 0.5) is 0 Å². The SMILES string of the molecule is CC(C)(C)NC(=O)Cc1ccc2c(c1)CCNC2. The van der Waals surface area contributed by atoms with Gasteiger partial charge < -0.3 is 10.6 Å². The van der Waals surface area contributed by atoms with Gasteiger partial charge in [0.1, 0.15) is 0 Å². The first kappa shape index (κ1) is 13.1. The molecule has 1 aliphatic heterocycles. The van der Waals surface area contributed by atoms with E-state index in [9.17, 15) is 4.79 Å². The second-order valence-electron chi connectivity index (χ2n) is 6.00. The van der Waals surface area contributed by atoms with Crippen LogP contribution in [0.25, 0.3) is 0 Å². The van der Waals surface area contributed by atoms with E-state index in [1.165, 1.54) is 11.1 Å². The summed E-state index contributed by atoms with van der Waals surface area (Å²) in [6.45, 7) is 7.99. The van der Waals surface area contributed by atoms with Gasteiger partial charge in [-0.2, -0.15) is 0 Å². The van der Waals surface area contributed by atoms with E-state index in [4.69, 9.17) is 0 Å². The molecule has 2 N–H and O–H groups in total. The van der Waals surface area contributed by atoms with Gasteiger partial charge in [0.25, 0.3) is 0 Å². The third kappa shape index (κ3) is 3.57. The average molecular weight is 246 g/mol. The first-order valence-electron chi connectivity index (χ1n) is 6.56. The third-order valence-corrected chi connectivity index (χ3v) is 3.04. The Morgan fingerprint density at radius 3 is 2.83 bits per heavy atom. The van der Waals surface area contributed by atoms with Gasteiger partial charge in [-0.25, -0.2) is 0 Å². The Balaban J connectivity index is 2.04. The number of hydrogen-bond acceptors (Lipinski definition) is 2. The minimum atomic E-state index is -0.158. The van der Waals surface area contributed by atoms with Crippen molar-refractivity contribution in [3.63, 3.8) is 0 Å². The van der Waals surface area contributed by atoms with E-state index in [-0.39, 0.29) is 11.4 Å². The molecule has 1 heterocycles. The molecule has 1 aromatic rings. The Morgan fingerprint density at radius 2 is 2.11 bits per heavy atom. The van der Waals surface area contributed by atoms with Crippen LogP contribution in [-0.4, -0.2) is 18.0 Å². The number of carbonyl (C=O) groups is 1. The summed E-state index contributed by atoms with van der Waals surface area (Å²) in [5.41, 5.74) is 3.70. The molecule has 0 aromatic heterocycles. The van der Waals surface area contributed by atoms with Crippen LogP contribution in [0, 0.1) is 0 Å². The number of rotatable bonds is 2. The van der Waals surface area contributed by atoms with E-state index in [1.54, 1.807) is 0 Å². The molecular formula is C15H22N2O. The van der Waals surface area contributed by atoms with Crippen LogP contribution in [0.15, 0.2) is 18.2 Å². The molecule has 1 aliphatic rings. The lowest BCUT2D eigenvalue weighted by Crippen LogP contribution is -2.41. The standard InChI is InChI=1S/C15H22N2O/c1-15(2,3)17-14(18)9-11-4-5-13-10-16-7-6-12(13)8-11/h4-5,8,16H,6-7,9-10H2,1-3H3,(H,17,18). The minimum Gasteiger partial charge on any atom is -0.351 e. The number of hydrogen-bond donors (Lipinski definition) is 2. The molecule has 0 fully saturated rings. The van der Waals surface area contributed by atoms with Crippen molar-refractivity contribution in [2.45, 2.75) is 45.7 Å². The zero-order valence-electron chi connectivity index (χ0n) is 11.5. The molecule has 98 valence electrons. The number of fused-ring (bicyclic) bond motifs is 1. The van der Waals surface area contributed by atoms with Crippen LogP contribution in [0.2, 0.25) is 0 Å². The second kappa shape index (κ2) is 5.11. The Morgan fingerprint density at radius 1 is 1.33 bits per heavy atom. The molecule has 0 radical (unpaired) electrons. The largest absolute Gasteiger partial charge is 0.351 e. The molecule has 0 bridgehead atoms. The van der Waals surface area contributed by atoms with Gasteiger partial charge >= 0.3 is 0 Å². The topological polar surface area (TPSA) is 41.1 Å². The minimum absolute atomic E-state index is 0.0939. The van der Waals surface area contributed by atoms with Crippen molar-refractivity contribution < 1.29 is 4.79 Å². The Kier molecular flexibility index (Phi) is 3.71. The lowest BCUT2D eigenvalue weighted by atomic mass is 9.97. The molecule has 0 saturated carbocycles. The molecular weight excluding hydrogens is 224 g/mol. The lowest BCUT2D eigenvalue weighted by molar-refractivity contribution is -0.121. The van der Waals surface area contributed by atoms with Gasteiger partial charge in [0, 0.05) is 12.1 Å². The predicted octanol–water partition coefficient (Wildman–Crippen LogP) is 1.79. The zero-order chi connectivity index (χ0) is 13.2. The number of nitrogens with one attached hydrogen (secondary N) is 2. The van der Waals surface area contributed by atoms with Crippen molar-refractivity contribution in [2.24, 2.45) is 0 Å². The summed E-state index contributed by atoms with van der Waals surface area (Å²) in [5, 5.41) is 6.35. The monoisotopic (exact) mass is 246 g/mol. The third-order valence-electron chi connectivity index (χ3n) is 3.04. The predicted molar refractivity (Wildman–Crippen MR) is 73.5 cm³/mol. The molecule has 1 aromatic carbocycles. The van der Waals surface area contributed by atoms with Crippen LogP contribution >= 0.6 is 0 Å². The van der Waals surface area contributed by atoms with Gasteiger partial charge in [-0.05, 0) is 50.4 Å². The molecule has 0 spiro atoms. The number of benzene rings is 1. The van der Waals surface area contributed by atoms with Gasteiger partial charge in [-0.3, -0.25) is 4.79 Å². The van der Waals surface area contributed by atoms with Crippen molar-refractivity contribution in [1.82, 2.24) is 10.6 Å². The highest BCUT2D eigenvalue weighted by molar-refractivity contribution is 5.79. The summed E-state index contributed by atoms with van der Waals surface area (Å²) in [6.07, 6.45) is 1.53. The van der Waals surface area contributed by atoms with E-state index in [1.807, 2.05) is 20.8 Å². The number of amides is 1. The fraction of sp³-hybridized carbons (Fsp3) is 0.533. The first-order valence-corrected chi connectivity index (χ1v) is 6.56. The summed E-state index contributed by atoms with van der Waals surface area (Å²) in [4.78, 5) is 11.9. The molecule has 3 heteroatoms. The van der Waals surface area contributed by atoms with E-state index in [2.05, 4.69) is 28.8 Å². The maximum atomic E-state index is 11.9. The summed E-state index contributed by atoms with van der Waals surface area (Å²) < 4.78 is 0. The van der Waals surface area contributed by atoms with Gasteiger partial charge in [-0.15, -0.1) is 0 Å². The molecule has 0 aliphatic carbocycles. The smallest absolute Gasteiger partial charge is 0.224 e. The Hall–Kier alpha value is -1.35. The fourth-order valence-corrected chi connectivity index (χ4v) is 2.29. The highest BCUT2D eigenvalue weighted by atomic mass is 16.1. The molecule has 0 saturated heterocycles. The highest BCUT2D eigenvalue weighted by Crippen LogP contribution is 2.16. The van der Waals surface area contributed by atoms with Crippen LogP contribution in [0.5, 0.6) is 0 Å². The second-order valence-corrected chi connectivity index (χ2v) is 6.00. The lowest BCUT2D eigenvalue weighted by Gasteiger charge is -2.21. The first-order chi connectivity index (χ1) is 8.44. The summed E-state index contributed by atoms with van der Waals surface area (Å²) in [6, 6.07) is 6.38. The maximum absolute atomic E-state index is 11.9. The summed E-state index contributed by atoms with van der Waals surface area (Å²) in [7, 11) is 0. The van der Waals surface area contributed by atoms with Gasteiger partial charge in [0.05, 0.1) is 6.42 Å². The van der Waals surface area contributed by atoms with Crippen LogP contribution in [-0.2, 0) is 24.2 Å². The Labute approximate surface area is 109 Å². The highest BCUT2D eigenvalue weighted by Gasteiger charge is 2.15. The Bertz CT molecular complexity index is 446. The van der Waals surface area contributed by atoms with Crippen molar-refractivity contribution in [2.75, 3.05) is 6.54 Å². The van der Waals surface area contributed by atoms with E-state index >= 15 is 0 Å². The van der Waals surface area contributed by atoms with Crippen molar-refractivity contribution in [1.29, 1.82) is 0 Å². The molecule has 2 rings (SSSR count). The van der Waals surface area contributed by atoms with Gasteiger partial charge in [0.2, 0.25) is 5.91 Å². The summed E-state index contributed by atoms with van der Waals surface area (Å²) in [5.74, 6) is 0.0939. The molecule has 0 unspecified atom stereocenters. The molecule has 0 atom stereocenters. The molecule has 3 nitrogen and oxygen atoms in total. The van der Waals surface area contributed by atoms with Gasteiger partial charge in [-0.1, -0.05) is 18.2 Å². The van der Waals surface area contributed by atoms with Crippen LogP contribution in [0.1, 0.15) is 37.5 Å². The van der Waals surface area contributed by atoms with Crippen molar-refractivity contribution in [3.8, 4) is 0 Å². The quantitative estimate of drug-likeness (QED) is 0.835. The van der Waals surface area contributed by atoms with Crippen LogP contribution < -0.4 is 10.6 Å². The zero-order valence-corrected chi connectivity index (χ0v) is 11.5.